The normalized spacial score (nSPS) is 22.0. The molecule has 1 spiro atoms. The molecule has 1 aliphatic carbocycles. The minimum absolute atomic E-state index is 0.101. The molecule has 166 valence electrons. The number of aromatic nitrogens is 1. The predicted octanol–water partition coefficient (Wildman–Crippen LogP) is 1.82. The van der Waals surface area contributed by atoms with Gasteiger partial charge in [-0.3, -0.25) is 14.4 Å². The number of pyridine rings is 1. The summed E-state index contributed by atoms with van der Waals surface area (Å²) in [7, 11) is 0. The van der Waals surface area contributed by atoms with Gasteiger partial charge in [0.05, 0.1) is 0 Å². The van der Waals surface area contributed by atoms with E-state index in [0.29, 0.717) is 44.6 Å². The lowest BCUT2D eigenvalue weighted by Gasteiger charge is -2.34. The van der Waals surface area contributed by atoms with Gasteiger partial charge in [0.1, 0.15) is 17.4 Å². The van der Waals surface area contributed by atoms with Crippen molar-refractivity contribution >= 4 is 29.6 Å². The maximum Gasteiger partial charge on any atom is 0.325 e. The van der Waals surface area contributed by atoms with Crippen LogP contribution in [0.25, 0.3) is 0 Å². The molecule has 0 bridgehead atoms. The molecule has 9 nitrogen and oxygen atoms in total. The summed E-state index contributed by atoms with van der Waals surface area (Å²) >= 11 is 0. The summed E-state index contributed by atoms with van der Waals surface area (Å²) in [4.78, 5) is 57.9. The van der Waals surface area contributed by atoms with E-state index in [9.17, 15) is 19.2 Å². The third-order valence-corrected chi connectivity index (χ3v) is 6.74. The standard InChI is InChI=1S/C22H29N5O4/c1-14-5-10-23-17(13-14)24-18(28)16-6-11-26(12-7-16)19(29)15(2)27-20(30)22(25-21(27)31)8-3-4-9-22/h5,10,13,15-16H,3-4,6-9,11-12H2,1-2H3,(H,25,31)(H,23,24,28). The van der Waals surface area contributed by atoms with Gasteiger partial charge in [0.25, 0.3) is 5.91 Å². The fraction of sp³-hybridized carbons (Fsp3) is 0.591. The molecule has 9 heteroatoms. The second-order valence-electron chi connectivity index (χ2n) is 8.88. The Balaban J connectivity index is 1.33. The monoisotopic (exact) mass is 427 g/mol. The van der Waals surface area contributed by atoms with E-state index < -0.39 is 17.6 Å². The van der Waals surface area contributed by atoms with Crippen molar-refractivity contribution in [1.29, 1.82) is 0 Å². The molecule has 31 heavy (non-hydrogen) atoms. The van der Waals surface area contributed by atoms with Crippen LogP contribution in [0.2, 0.25) is 0 Å². The fourth-order valence-electron chi connectivity index (χ4n) is 4.88. The van der Waals surface area contributed by atoms with E-state index in [0.717, 1.165) is 23.3 Å². The first-order valence-electron chi connectivity index (χ1n) is 11.0. The third-order valence-electron chi connectivity index (χ3n) is 6.74. The fourth-order valence-corrected chi connectivity index (χ4v) is 4.88. The lowest BCUT2D eigenvalue weighted by Crippen LogP contribution is -2.53. The number of nitrogens with zero attached hydrogens (tertiary/aromatic N) is 3. The molecule has 2 N–H and O–H groups in total. The van der Waals surface area contributed by atoms with Crippen molar-refractivity contribution < 1.29 is 19.2 Å². The maximum absolute atomic E-state index is 13.0. The highest BCUT2D eigenvalue weighted by atomic mass is 16.2. The van der Waals surface area contributed by atoms with Gasteiger partial charge in [-0.25, -0.2) is 14.7 Å². The van der Waals surface area contributed by atoms with Crippen molar-refractivity contribution in [2.24, 2.45) is 5.92 Å². The molecule has 4 rings (SSSR count). The van der Waals surface area contributed by atoms with Crippen molar-refractivity contribution in [2.75, 3.05) is 18.4 Å². The topological polar surface area (TPSA) is 112 Å². The van der Waals surface area contributed by atoms with Gasteiger partial charge >= 0.3 is 6.03 Å². The minimum Gasteiger partial charge on any atom is -0.341 e. The molecule has 3 heterocycles. The van der Waals surface area contributed by atoms with Crippen LogP contribution in [0.15, 0.2) is 18.3 Å². The number of amides is 5. The highest BCUT2D eigenvalue weighted by Crippen LogP contribution is 2.36. The van der Waals surface area contributed by atoms with Crippen molar-refractivity contribution in [3.8, 4) is 0 Å². The van der Waals surface area contributed by atoms with Crippen molar-refractivity contribution in [1.82, 2.24) is 20.1 Å². The van der Waals surface area contributed by atoms with Crippen LogP contribution in [0, 0.1) is 12.8 Å². The van der Waals surface area contributed by atoms with Crippen LogP contribution in [-0.2, 0) is 14.4 Å². The number of imide groups is 1. The average Bonchev–Trinajstić information content (AvgIpc) is 3.31. The number of anilines is 1. The molecular formula is C22H29N5O4. The number of hydrogen-bond acceptors (Lipinski definition) is 5. The Hall–Kier alpha value is -2.97. The van der Waals surface area contributed by atoms with Gasteiger partial charge in [-0.2, -0.15) is 0 Å². The summed E-state index contributed by atoms with van der Waals surface area (Å²) in [6.45, 7) is 4.37. The van der Waals surface area contributed by atoms with Crippen LogP contribution < -0.4 is 10.6 Å². The molecule has 1 aromatic heterocycles. The molecule has 1 atom stereocenters. The first kappa shape index (κ1) is 21.3. The number of hydrogen-bond donors (Lipinski definition) is 2. The van der Waals surface area contributed by atoms with Crippen LogP contribution in [0.5, 0.6) is 0 Å². The van der Waals surface area contributed by atoms with E-state index in [2.05, 4.69) is 15.6 Å². The number of rotatable bonds is 4. The summed E-state index contributed by atoms with van der Waals surface area (Å²) in [5.41, 5.74) is 0.195. The average molecular weight is 428 g/mol. The molecule has 2 aliphatic heterocycles. The molecule has 3 fully saturated rings. The van der Waals surface area contributed by atoms with Crippen molar-refractivity contribution in [2.45, 2.75) is 64.0 Å². The second-order valence-corrected chi connectivity index (χ2v) is 8.88. The van der Waals surface area contributed by atoms with Gasteiger partial charge in [-0.1, -0.05) is 12.8 Å². The Kier molecular flexibility index (Phi) is 5.68. The first-order valence-corrected chi connectivity index (χ1v) is 11.0. The highest BCUT2D eigenvalue weighted by molar-refractivity contribution is 6.10. The zero-order valence-electron chi connectivity index (χ0n) is 18.0. The Morgan fingerprint density at radius 1 is 1.23 bits per heavy atom. The molecule has 1 saturated carbocycles. The number of piperidine rings is 1. The minimum atomic E-state index is -0.852. The van der Waals surface area contributed by atoms with Crippen LogP contribution in [0.3, 0.4) is 0 Å². The van der Waals surface area contributed by atoms with Gasteiger partial charge in [0.15, 0.2) is 0 Å². The molecular weight excluding hydrogens is 398 g/mol. The molecule has 0 aromatic carbocycles. The number of aryl methyl sites for hydroxylation is 1. The quantitative estimate of drug-likeness (QED) is 0.712. The third kappa shape index (κ3) is 4.00. The number of urea groups is 1. The van der Waals surface area contributed by atoms with Gasteiger partial charge in [-0.15, -0.1) is 0 Å². The summed E-state index contributed by atoms with van der Waals surface area (Å²) in [6.07, 6.45) is 5.77. The first-order chi connectivity index (χ1) is 14.8. The largest absolute Gasteiger partial charge is 0.341 e. The van der Waals surface area contributed by atoms with Gasteiger partial charge < -0.3 is 15.5 Å². The number of carbonyl (C=O) groups is 4. The van der Waals surface area contributed by atoms with E-state index in [1.807, 2.05) is 19.1 Å². The van der Waals surface area contributed by atoms with Gasteiger partial charge in [0, 0.05) is 25.2 Å². The lowest BCUT2D eigenvalue weighted by molar-refractivity contribution is -0.144. The zero-order valence-corrected chi connectivity index (χ0v) is 18.0. The number of nitrogens with one attached hydrogen (secondary N) is 2. The van der Waals surface area contributed by atoms with Crippen LogP contribution in [0.1, 0.15) is 51.0 Å². The summed E-state index contributed by atoms with van der Waals surface area (Å²) in [5.74, 6) is -0.319. The summed E-state index contributed by atoms with van der Waals surface area (Å²) in [5, 5.41) is 5.67. The highest BCUT2D eigenvalue weighted by Gasteiger charge is 2.54. The molecule has 5 amide bonds. The Morgan fingerprint density at radius 2 is 1.90 bits per heavy atom. The molecule has 1 unspecified atom stereocenters. The Labute approximate surface area is 181 Å². The second kappa shape index (κ2) is 8.28. The Bertz CT molecular complexity index is 903. The van der Waals surface area contributed by atoms with E-state index in [1.54, 1.807) is 18.0 Å². The van der Waals surface area contributed by atoms with E-state index in [-0.39, 0.29) is 23.6 Å². The molecule has 3 aliphatic rings. The summed E-state index contributed by atoms with van der Waals surface area (Å²) < 4.78 is 0. The van der Waals surface area contributed by atoms with E-state index >= 15 is 0 Å². The molecule has 2 saturated heterocycles. The predicted molar refractivity (Wildman–Crippen MR) is 113 cm³/mol. The molecule has 1 aromatic rings. The smallest absolute Gasteiger partial charge is 0.325 e. The summed E-state index contributed by atoms with van der Waals surface area (Å²) in [6, 6.07) is 2.34. The van der Waals surface area contributed by atoms with Crippen LogP contribution in [0.4, 0.5) is 10.6 Å². The van der Waals surface area contributed by atoms with E-state index in [1.165, 1.54) is 0 Å². The maximum atomic E-state index is 13.0. The SMILES string of the molecule is Cc1ccnc(NC(=O)C2CCN(C(=O)C(C)N3C(=O)NC4(CCCC4)C3=O)CC2)c1. The van der Waals surface area contributed by atoms with Crippen LogP contribution in [-0.4, -0.2) is 63.2 Å². The number of carbonyl (C=O) groups excluding carboxylic acids is 4. The lowest BCUT2D eigenvalue weighted by atomic mass is 9.95. The van der Waals surface area contributed by atoms with E-state index in [4.69, 9.17) is 0 Å². The Morgan fingerprint density at radius 3 is 2.55 bits per heavy atom. The van der Waals surface area contributed by atoms with Crippen LogP contribution >= 0.6 is 0 Å². The zero-order chi connectivity index (χ0) is 22.2. The van der Waals surface area contributed by atoms with Gasteiger partial charge in [-0.05, 0) is 57.2 Å². The number of likely N-dealkylation sites (tertiary alicyclic amines) is 1. The van der Waals surface area contributed by atoms with Crippen molar-refractivity contribution in [3.05, 3.63) is 23.9 Å². The van der Waals surface area contributed by atoms with Gasteiger partial charge in [0.2, 0.25) is 11.8 Å². The molecule has 0 radical (unpaired) electrons. The van der Waals surface area contributed by atoms with Crippen molar-refractivity contribution in [3.63, 3.8) is 0 Å².